The summed E-state index contributed by atoms with van der Waals surface area (Å²) < 4.78 is 0. The van der Waals surface area contributed by atoms with Crippen LogP contribution in [-0.2, 0) is 24.0 Å². The molecule has 4 amide bonds. The van der Waals surface area contributed by atoms with E-state index < -0.39 is 54.3 Å². The van der Waals surface area contributed by atoms with Crippen LogP contribution in [0.2, 0.25) is 0 Å². The highest BCUT2D eigenvalue weighted by molar-refractivity contribution is 7.80. The number of nitrogens with two attached hydrogens (primary N) is 2. The van der Waals surface area contributed by atoms with Crippen molar-refractivity contribution in [2.45, 2.75) is 51.2 Å². The van der Waals surface area contributed by atoms with Gasteiger partial charge in [0.15, 0.2) is 0 Å². The van der Waals surface area contributed by atoms with Crippen molar-refractivity contribution in [2.75, 3.05) is 12.3 Å². The van der Waals surface area contributed by atoms with Gasteiger partial charge >= 0.3 is 5.97 Å². The molecule has 0 radical (unpaired) electrons. The fourth-order valence-electron chi connectivity index (χ4n) is 2.13. The normalized spacial score (nSPS) is 14.9. The van der Waals surface area contributed by atoms with E-state index in [0.29, 0.717) is 6.42 Å². The zero-order valence-electron chi connectivity index (χ0n) is 15.9. The van der Waals surface area contributed by atoms with Gasteiger partial charge in [-0.1, -0.05) is 20.3 Å². The molecular weight excluding hydrogens is 390 g/mol. The number of aliphatic carboxylic acids is 1. The van der Waals surface area contributed by atoms with E-state index in [1.54, 1.807) is 6.92 Å². The maximum absolute atomic E-state index is 12.5. The van der Waals surface area contributed by atoms with Crippen molar-refractivity contribution in [2.24, 2.45) is 17.4 Å². The fourth-order valence-corrected chi connectivity index (χ4v) is 2.39. The summed E-state index contributed by atoms with van der Waals surface area (Å²) in [4.78, 5) is 58.2. The van der Waals surface area contributed by atoms with Gasteiger partial charge in [-0.15, -0.1) is 0 Å². The molecule has 0 fully saturated rings. The number of thiol groups is 1. The molecule has 160 valence electrons. The molecule has 8 N–H and O–H groups in total. The maximum atomic E-state index is 12.5. The SMILES string of the molecule is CCC(C)C(NC(=O)C(CS)NC(=O)C(N)CCC(N)=O)C(=O)NCC(=O)O. The van der Waals surface area contributed by atoms with Crippen LogP contribution >= 0.6 is 12.6 Å². The number of primary amides is 1. The molecule has 0 rings (SSSR count). The highest BCUT2D eigenvalue weighted by Gasteiger charge is 2.30. The Morgan fingerprint density at radius 3 is 2.14 bits per heavy atom. The second kappa shape index (κ2) is 12.9. The van der Waals surface area contributed by atoms with E-state index >= 15 is 0 Å². The minimum absolute atomic E-state index is 0.0230. The van der Waals surface area contributed by atoms with E-state index in [-0.39, 0.29) is 24.5 Å². The second-order valence-corrected chi connectivity index (χ2v) is 6.70. The predicted molar refractivity (Wildman–Crippen MR) is 104 cm³/mol. The Bertz CT molecular complexity index is 588. The van der Waals surface area contributed by atoms with Crippen molar-refractivity contribution in [3.05, 3.63) is 0 Å². The van der Waals surface area contributed by atoms with Crippen molar-refractivity contribution in [1.82, 2.24) is 16.0 Å². The van der Waals surface area contributed by atoms with E-state index in [0.717, 1.165) is 0 Å². The first-order valence-electron chi connectivity index (χ1n) is 8.78. The molecule has 11 nitrogen and oxygen atoms in total. The summed E-state index contributed by atoms with van der Waals surface area (Å²) in [5.74, 6) is -4.14. The zero-order chi connectivity index (χ0) is 21.9. The van der Waals surface area contributed by atoms with Crippen molar-refractivity contribution in [3.63, 3.8) is 0 Å². The Hall–Kier alpha value is -2.34. The number of nitrogens with one attached hydrogen (secondary N) is 3. The van der Waals surface area contributed by atoms with Crippen LogP contribution in [0, 0.1) is 5.92 Å². The van der Waals surface area contributed by atoms with Gasteiger partial charge in [0.25, 0.3) is 0 Å². The van der Waals surface area contributed by atoms with Gasteiger partial charge in [-0.05, 0) is 12.3 Å². The molecule has 0 aliphatic carbocycles. The third-order valence-corrected chi connectivity index (χ3v) is 4.43. The maximum Gasteiger partial charge on any atom is 0.322 e. The number of rotatable bonds is 13. The largest absolute Gasteiger partial charge is 0.480 e. The van der Waals surface area contributed by atoms with E-state index in [9.17, 15) is 24.0 Å². The Morgan fingerprint density at radius 2 is 1.68 bits per heavy atom. The first kappa shape index (κ1) is 25.7. The van der Waals surface area contributed by atoms with Crippen LogP contribution in [0.4, 0.5) is 0 Å². The van der Waals surface area contributed by atoms with Crippen molar-refractivity contribution in [3.8, 4) is 0 Å². The van der Waals surface area contributed by atoms with Crippen LogP contribution in [0.1, 0.15) is 33.1 Å². The second-order valence-electron chi connectivity index (χ2n) is 6.34. The minimum Gasteiger partial charge on any atom is -0.480 e. The molecule has 0 aliphatic rings. The van der Waals surface area contributed by atoms with Crippen molar-refractivity contribution >= 4 is 42.2 Å². The standard InChI is InChI=1S/C16H29N5O6S/c1-3-8(2)13(16(27)19-6-12(23)24)21-15(26)10(7-28)20-14(25)9(17)4-5-11(18)22/h8-10,13,28H,3-7,17H2,1-2H3,(H2,18,22)(H,19,27)(H,20,25)(H,21,26)(H,23,24). The lowest BCUT2D eigenvalue weighted by atomic mass is 9.98. The van der Waals surface area contributed by atoms with Gasteiger partial charge in [0.1, 0.15) is 18.6 Å². The van der Waals surface area contributed by atoms with Gasteiger partial charge in [-0.2, -0.15) is 12.6 Å². The van der Waals surface area contributed by atoms with Gasteiger partial charge in [0, 0.05) is 12.2 Å². The molecule has 0 saturated heterocycles. The Kier molecular flexibility index (Phi) is 11.9. The molecule has 0 aromatic rings. The van der Waals surface area contributed by atoms with Crippen LogP contribution in [0.25, 0.3) is 0 Å². The molecular formula is C16H29N5O6S. The number of carboxylic acid groups (broad SMARTS) is 1. The van der Waals surface area contributed by atoms with E-state index in [1.807, 2.05) is 6.92 Å². The van der Waals surface area contributed by atoms with Crippen LogP contribution in [0.5, 0.6) is 0 Å². The molecule has 0 spiro atoms. The molecule has 12 heteroatoms. The third kappa shape index (κ3) is 9.55. The first-order chi connectivity index (χ1) is 13.0. The van der Waals surface area contributed by atoms with E-state index in [4.69, 9.17) is 16.6 Å². The predicted octanol–water partition coefficient (Wildman–Crippen LogP) is -2.27. The lowest BCUT2D eigenvalue weighted by Crippen LogP contribution is -2.58. The monoisotopic (exact) mass is 419 g/mol. The fraction of sp³-hybridized carbons (Fsp3) is 0.688. The quantitative estimate of drug-likeness (QED) is 0.163. The van der Waals surface area contributed by atoms with Crippen molar-refractivity contribution in [1.29, 1.82) is 0 Å². The Morgan fingerprint density at radius 1 is 1.07 bits per heavy atom. The minimum atomic E-state index is -1.21. The summed E-state index contributed by atoms with van der Waals surface area (Å²) in [6, 6.07) is -3.10. The number of hydrogen-bond acceptors (Lipinski definition) is 7. The number of hydrogen-bond donors (Lipinski definition) is 7. The molecule has 0 heterocycles. The summed E-state index contributed by atoms with van der Waals surface area (Å²) in [5, 5.41) is 15.8. The van der Waals surface area contributed by atoms with E-state index in [1.165, 1.54) is 0 Å². The van der Waals surface area contributed by atoms with Crippen LogP contribution in [-0.4, -0.2) is 65.1 Å². The number of amides is 4. The topological polar surface area (TPSA) is 194 Å². The average Bonchev–Trinajstić information content (AvgIpc) is 2.64. The Balaban J connectivity index is 4.99. The van der Waals surface area contributed by atoms with Gasteiger partial charge in [0.2, 0.25) is 23.6 Å². The summed E-state index contributed by atoms with van der Waals surface area (Å²) >= 11 is 4.03. The van der Waals surface area contributed by atoms with Crippen LogP contribution in [0.15, 0.2) is 0 Å². The summed E-state index contributed by atoms with van der Waals surface area (Å²) in [5.41, 5.74) is 10.7. The lowest BCUT2D eigenvalue weighted by molar-refractivity contribution is -0.139. The molecule has 0 aromatic carbocycles. The lowest BCUT2D eigenvalue weighted by Gasteiger charge is -2.26. The number of carbonyl (C=O) groups excluding carboxylic acids is 4. The van der Waals surface area contributed by atoms with Gasteiger partial charge in [-0.25, -0.2) is 0 Å². The molecule has 4 unspecified atom stereocenters. The number of carbonyl (C=O) groups is 5. The average molecular weight is 420 g/mol. The van der Waals surface area contributed by atoms with E-state index in [2.05, 4.69) is 28.6 Å². The first-order valence-corrected chi connectivity index (χ1v) is 9.41. The smallest absolute Gasteiger partial charge is 0.322 e. The number of carboxylic acids is 1. The zero-order valence-corrected chi connectivity index (χ0v) is 16.8. The molecule has 0 bridgehead atoms. The summed E-state index contributed by atoms with van der Waals surface area (Å²) in [6.07, 6.45) is 0.489. The summed E-state index contributed by atoms with van der Waals surface area (Å²) in [6.45, 7) is 2.95. The van der Waals surface area contributed by atoms with Crippen LogP contribution < -0.4 is 27.4 Å². The van der Waals surface area contributed by atoms with Gasteiger partial charge < -0.3 is 32.5 Å². The summed E-state index contributed by atoms with van der Waals surface area (Å²) in [7, 11) is 0. The molecule has 4 atom stereocenters. The molecule has 0 aromatic heterocycles. The van der Waals surface area contributed by atoms with Gasteiger partial charge in [-0.3, -0.25) is 24.0 Å². The Labute approximate surface area is 168 Å². The van der Waals surface area contributed by atoms with Gasteiger partial charge in [0.05, 0.1) is 6.04 Å². The highest BCUT2D eigenvalue weighted by atomic mass is 32.1. The molecule has 0 saturated carbocycles. The molecule has 0 aliphatic heterocycles. The van der Waals surface area contributed by atoms with Crippen molar-refractivity contribution < 1.29 is 29.1 Å². The molecule has 28 heavy (non-hydrogen) atoms. The highest BCUT2D eigenvalue weighted by Crippen LogP contribution is 2.09. The third-order valence-electron chi connectivity index (χ3n) is 4.06. The van der Waals surface area contributed by atoms with Crippen LogP contribution in [0.3, 0.4) is 0 Å².